The zero-order valence-electron chi connectivity index (χ0n) is 12.6. The molecule has 2 amide bonds. The van der Waals surface area contributed by atoms with Gasteiger partial charge >= 0.3 is 0 Å². The van der Waals surface area contributed by atoms with E-state index in [2.05, 4.69) is 5.10 Å². The van der Waals surface area contributed by atoms with E-state index in [1.165, 1.54) is 5.01 Å². The van der Waals surface area contributed by atoms with Crippen molar-refractivity contribution in [1.82, 2.24) is 10.5 Å². The van der Waals surface area contributed by atoms with E-state index in [4.69, 9.17) is 5.21 Å². The van der Waals surface area contributed by atoms with Gasteiger partial charge in [-0.2, -0.15) is 5.10 Å². The Kier molecular flexibility index (Phi) is 5.60. The van der Waals surface area contributed by atoms with Crippen LogP contribution in [0.3, 0.4) is 0 Å². The molecule has 2 aromatic carbocycles. The quantitative estimate of drug-likeness (QED) is 0.505. The number of rotatable bonds is 5. The third-order valence-corrected chi connectivity index (χ3v) is 3.18. The predicted molar refractivity (Wildman–Crippen MR) is 86.4 cm³/mol. The Labute approximate surface area is 134 Å². The van der Waals surface area contributed by atoms with Gasteiger partial charge in [-0.3, -0.25) is 14.8 Å². The highest BCUT2D eigenvalue weighted by Gasteiger charge is 2.12. The van der Waals surface area contributed by atoms with Gasteiger partial charge in [0, 0.05) is 17.7 Å². The third-order valence-electron chi connectivity index (χ3n) is 3.18. The molecule has 0 bridgehead atoms. The smallest absolute Gasteiger partial charge is 0.274 e. The number of hydrogen-bond donors (Lipinski definition) is 2. The minimum absolute atomic E-state index is 0.180. The Morgan fingerprint density at radius 3 is 2.30 bits per heavy atom. The van der Waals surface area contributed by atoms with Crippen LogP contribution in [0.4, 0.5) is 0 Å². The molecule has 2 aromatic rings. The summed E-state index contributed by atoms with van der Waals surface area (Å²) in [5.74, 6) is -0.761. The molecule has 0 aliphatic heterocycles. The van der Waals surface area contributed by atoms with Crippen LogP contribution in [-0.4, -0.2) is 34.8 Å². The first-order valence-electron chi connectivity index (χ1n) is 7.11. The molecule has 0 saturated heterocycles. The van der Waals surface area contributed by atoms with Crippen LogP contribution in [0.25, 0.3) is 0 Å². The van der Waals surface area contributed by atoms with Crippen LogP contribution in [0.1, 0.15) is 33.2 Å². The average Bonchev–Trinajstić information content (AvgIpc) is 2.62. The number of carbonyl (C=O) groups is 2. The second kappa shape index (κ2) is 7.86. The lowest BCUT2D eigenvalue weighted by Crippen LogP contribution is -2.25. The van der Waals surface area contributed by atoms with Crippen LogP contribution in [0.2, 0.25) is 0 Å². The van der Waals surface area contributed by atoms with Crippen LogP contribution in [0.5, 0.6) is 0 Å². The SMILES string of the molecule is CCN(N=Cc1ccc(C(=O)NO)cc1)C(=O)c1ccccc1. The first-order valence-corrected chi connectivity index (χ1v) is 7.11. The van der Waals surface area contributed by atoms with Crippen LogP contribution >= 0.6 is 0 Å². The largest absolute Gasteiger partial charge is 0.288 e. The summed E-state index contributed by atoms with van der Waals surface area (Å²) >= 11 is 0. The summed E-state index contributed by atoms with van der Waals surface area (Å²) in [6, 6.07) is 15.4. The van der Waals surface area contributed by atoms with Crippen molar-refractivity contribution < 1.29 is 14.8 Å². The first-order chi connectivity index (χ1) is 11.2. The minimum atomic E-state index is -0.581. The van der Waals surface area contributed by atoms with Crippen molar-refractivity contribution in [2.45, 2.75) is 6.92 Å². The molecule has 6 heteroatoms. The second-order valence-electron chi connectivity index (χ2n) is 4.69. The second-order valence-corrected chi connectivity index (χ2v) is 4.69. The Morgan fingerprint density at radius 2 is 1.74 bits per heavy atom. The number of carbonyl (C=O) groups excluding carboxylic acids is 2. The number of nitrogens with zero attached hydrogens (tertiary/aromatic N) is 2. The predicted octanol–water partition coefficient (Wildman–Crippen LogP) is 2.30. The van der Waals surface area contributed by atoms with Gasteiger partial charge < -0.3 is 0 Å². The molecule has 23 heavy (non-hydrogen) atoms. The van der Waals surface area contributed by atoms with E-state index in [1.54, 1.807) is 60.2 Å². The molecule has 0 fully saturated rings. The summed E-state index contributed by atoms with van der Waals surface area (Å²) < 4.78 is 0. The molecule has 0 aromatic heterocycles. The van der Waals surface area contributed by atoms with E-state index in [9.17, 15) is 9.59 Å². The van der Waals surface area contributed by atoms with Gasteiger partial charge in [-0.1, -0.05) is 30.3 Å². The van der Waals surface area contributed by atoms with E-state index in [1.807, 2.05) is 13.0 Å². The lowest BCUT2D eigenvalue weighted by atomic mass is 10.1. The van der Waals surface area contributed by atoms with Gasteiger partial charge in [0.05, 0.1) is 6.21 Å². The number of hydrogen-bond acceptors (Lipinski definition) is 4. The highest BCUT2D eigenvalue weighted by atomic mass is 16.5. The van der Waals surface area contributed by atoms with E-state index in [-0.39, 0.29) is 5.91 Å². The summed E-state index contributed by atoms with van der Waals surface area (Å²) in [5, 5.41) is 14.1. The lowest BCUT2D eigenvalue weighted by molar-refractivity contribution is 0.0706. The molecule has 0 unspecified atom stereocenters. The van der Waals surface area contributed by atoms with Crippen LogP contribution in [0.15, 0.2) is 59.7 Å². The molecule has 0 aliphatic carbocycles. The Balaban J connectivity index is 2.10. The normalized spacial score (nSPS) is 10.5. The fourth-order valence-corrected chi connectivity index (χ4v) is 1.93. The van der Waals surface area contributed by atoms with Crippen molar-refractivity contribution in [3.63, 3.8) is 0 Å². The van der Waals surface area contributed by atoms with Crippen LogP contribution in [-0.2, 0) is 0 Å². The number of nitrogens with one attached hydrogen (secondary N) is 1. The minimum Gasteiger partial charge on any atom is -0.288 e. The Hall–Kier alpha value is -2.99. The molecular weight excluding hydrogens is 294 g/mol. The molecule has 0 heterocycles. The van der Waals surface area contributed by atoms with Gasteiger partial charge in [0.2, 0.25) is 0 Å². The molecule has 0 saturated carbocycles. The van der Waals surface area contributed by atoms with E-state index in [0.29, 0.717) is 17.7 Å². The summed E-state index contributed by atoms with van der Waals surface area (Å²) in [4.78, 5) is 23.5. The standard InChI is InChI=1S/C17H17N3O3/c1-2-20(17(22)15-6-4-3-5-7-15)18-12-13-8-10-14(11-9-13)16(21)19-23/h3-12,23H,2H2,1H3,(H,19,21). The number of hydrazone groups is 1. The van der Waals surface area contributed by atoms with Gasteiger partial charge in [-0.05, 0) is 36.8 Å². The molecule has 0 aliphatic rings. The van der Waals surface area contributed by atoms with Crippen LogP contribution < -0.4 is 5.48 Å². The highest BCUT2D eigenvalue weighted by molar-refractivity contribution is 5.95. The highest BCUT2D eigenvalue weighted by Crippen LogP contribution is 2.06. The topological polar surface area (TPSA) is 82.0 Å². The summed E-state index contributed by atoms with van der Waals surface area (Å²) in [6.07, 6.45) is 1.55. The van der Waals surface area contributed by atoms with Crippen LogP contribution in [0, 0.1) is 0 Å². The van der Waals surface area contributed by atoms with E-state index < -0.39 is 5.91 Å². The van der Waals surface area contributed by atoms with Crippen molar-refractivity contribution in [2.75, 3.05) is 6.54 Å². The fourth-order valence-electron chi connectivity index (χ4n) is 1.93. The maximum atomic E-state index is 12.3. The van der Waals surface area contributed by atoms with E-state index in [0.717, 1.165) is 5.56 Å². The molecular formula is C17H17N3O3. The molecule has 0 spiro atoms. The Bertz CT molecular complexity index is 697. The molecule has 0 radical (unpaired) electrons. The van der Waals surface area contributed by atoms with Gasteiger partial charge in [-0.25, -0.2) is 10.5 Å². The van der Waals surface area contributed by atoms with Gasteiger partial charge in [0.25, 0.3) is 11.8 Å². The van der Waals surface area contributed by atoms with Gasteiger partial charge in [0.15, 0.2) is 0 Å². The first kappa shape index (κ1) is 16.4. The van der Waals surface area contributed by atoms with Crippen molar-refractivity contribution in [2.24, 2.45) is 5.10 Å². The third kappa shape index (κ3) is 4.24. The molecule has 2 N–H and O–H groups in total. The summed E-state index contributed by atoms with van der Waals surface area (Å²) in [6.45, 7) is 2.28. The fraction of sp³-hybridized carbons (Fsp3) is 0.118. The average molecular weight is 311 g/mol. The summed E-state index contributed by atoms with van der Waals surface area (Å²) in [7, 11) is 0. The molecule has 2 rings (SSSR count). The summed E-state index contributed by atoms with van der Waals surface area (Å²) in [5.41, 5.74) is 3.20. The number of hydroxylamine groups is 1. The van der Waals surface area contributed by atoms with Crippen molar-refractivity contribution in [1.29, 1.82) is 0 Å². The van der Waals surface area contributed by atoms with Crippen molar-refractivity contribution >= 4 is 18.0 Å². The van der Waals surface area contributed by atoms with Crippen molar-refractivity contribution in [3.8, 4) is 0 Å². The monoisotopic (exact) mass is 311 g/mol. The van der Waals surface area contributed by atoms with Gasteiger partial charge in [0.1, 0.15) is 0 Å². The number of benzene rings is 2. The molecule has 0 atom stereocenters. The number of amides is 2. The maximum Gasteiger partial charge on any atom is 0.274 e. The zero-order valence-corrected chi connectivity index (χ0v) is 12.6. The van der Waals surface area contributed by atoms with Gasteiger partial charge in [-0.15, -0.1) is 0 Å². The lowest BCUT2D eigenvalue weighted by Gasteiger charge is -2.14. The molecule has 118 valence electrons. The van der Waals surface area contributed by atoms with E-state index >= 15 is 0 Å². The maximum absolute atomic E-state index is 12.3. The zero-order chi connectivity index (χ0) is 16.7. The Morgan fingerprint density at radius 1 is 1.09 bits per heavy atom. The van der Waals surface area contributed by atoms with Crippen molar-refractivity contribution in [3.05, 3.63) is 71.3 Å². The molecule has 6 nitrogen and oxygen atoms in total.